The smallest absolute Gasteiger partial charge is 0.226 e. The molecule has 6 heteroatoms. The standard InChI is InChI=1S/C17H19N3O3/c1-22-15-2-3-16-12(9-15)8-13(11-23-16)17(21)20-5-4-14-10-18-6-7-19-14/h2-3,6-7,9-10,13H,4-5,8,11H2,1H3,(H,20,21)/t13-/m1/s1. The number of carbonyl (C=O) groups is 1. The zero-order valence-corrected chi connectivity index (χ0v) is 13.0. The Morgan fingerprint density at radius 2 is 2.35 bits per heavy atom. The van der Waals surface area contributed by atoms with Crippen molar-refractivity contribution in [3.05, 3.63) is 48.0 Å². The van der Waals surface area contributed by atoms with E-state index in [1.54, 1.807) is 25.7 Å². The maximum atomic E-state index is 12.3. The first-order chi connectivity index (χ1) is 11.3. The molecule has 1 aromatic heterocycles. The summed E-state index contributed by atoms with van der Waals surface area (Å²) in [7, 11) is 1.63. The first-order valence-corrected chi connectivity index (χ1v) is 7.58. The van der Waals surface area contributed by atoms with Crippen molar-refractivity contribution in [1.82, 2.24) is 15.3 Å². The van der Waals surface area contributed by atoms with Gasteiger partial charge in [-0.2, -0.15) is 0 Å². The zero-order valence-electron chi connectivity index (χ0n) is 13.0. The first-order valence-electron chi connectivity index (χ1n) is 7.58. The number of nitrogens with zero attached hydrogens (tertiary/aromatic N) is 2. The Morgan fingerprint density at radius 3 is 3.13 bits per heavy atom. The third kappa shape index (κ3) is 3.77. The van der Waals surface area contributed by atoms with Crippen LogP contribution in [0.5, 0.6) is 11.5 Å². The minimum atomic E-state index is -0.184. The average Bonchev–Trinajstić information content (AvgIpc) is 2.61. The van der Waals surface area contributed by atoms with Gasteiger partial charge in [0.15, 0.2) is 0 Å². The molecule has 6 nitrogen and oxygen atoms in total. The van der Waals surface area contributed by atoms with Crippen molar-refractivity contribution >= 4 is 5.91 Å². The van der Waals surface area contributed by atoms with E-state index in [4.69, 9.17) is 9.47 Å². The molecule has 1 atom stereocenters. The van der Waals surface area contributed by atoms with Crippen LogP contribution in [0.3, 0.4) is 0 Å². The van der Waals surface area contributed by atoms with Crippen LogP contribution in [0, 0.1) is 5.92 Å². The van der Waals surface area contributed by atoms with E-state index in [2.05, 4.69) is 15.3 Å². The number of ether oxygens (including phenoxy) is 2. The summed E-state index contributed by atoms with van der Waals surface area (Å²) < 4.78 is 10.9. The fraction of sp³-hybridized carbons (Fsp3) is 0.353. The van der Waals surface area contributed by atoms with Crippen LogP contribution in [0.1, 0.15) is 11.3 Å². The van der Waals surface area contributed by atoms with Gasteiger partial charge in [0.1, 0.15) is 18.1 Å². The van der Waals surface area contributed by atoms with E-state index in [0.29, 0.717) is 26.0 Å². The van der Waals surface area contributed by atoms with Crippen LogP contribution >= 0.6 is 0 Å². The minimum absolute atomic E-state index is 0.00219. The number of hydrogen-bond acceptors (Lipinski definition) is 5. The maximum absolute atomic E-state index is 12.3. The average molecular weight is 313 g/mol. The number of rotatable bonds is 5. The van der Waals surface area contributed by atoms with Crippen LogP contribution in [0.15, 0.2) is 36.8 Å². The molecule has 2 aromatic rings. The highest BCUT2D eigenvalue weighted by Gasteiger charge is 2.26. The van der Waals surface area contributed by atoms with E-state index >= 15 is 0 Å². The van der Waals surface area contributed by atoms with Crippen molar-refractivity contribution in [3.8, 4) is 11.5 Å². The molecule has 1 amide bonds. The highest BCUT2D eigenvalue weighted by atomic mass is 16.5. The van der Waals surface area contributed by atoms with Crippen molar-refractivity contribution in [2.75, 3.05) is 20.3 Å². The van der Waals surface area contributed by atoms with Gasteiger partial charge in [-0.05, 0) is 30.2 Å². The summed E-state index contributed by atoms with van der Waals surface area (Å²) in [6.07, 6.45) is 6.31. The number of methoxy groups -OCH3 is 1. The van der Waals surface area contributed by atoms with Crippen LogP contribution in [0.4, 0.5) is 0 Å². The molecule has 0 saturated carbocycles. The second-order valence-electron chi connectivity index (χ2n) is 5.42. The molecule has 0 saturated heterocycles. The fourth-order valence-corrected chi connectivity index (χ4v) is 2.58. The molecule has 2 heterocycles. The molecule has 1 aliphatic rings. The van der Waals surface area contributed by atoms with Gasteiger partial charge in [0.05, 0.1) is 18.7 Å². The van der Waals surface area contributed by atoms with Crippen molar-refractivity contribution in [2.45, 2.75) is 12.8 Å². The van der Waals surface area contributed by atoms with Gasteiger partial charge in [-0.1, -0.05) is 0 Å². The molecule has 1 aromatic carbocycles. The highest BCUT2D eigenvalue weighted by Crippen LogP contribution is 2.30. The molecule has 1 N–H and O–H groups in total. The lowest BCUT2D eigenvalue weighted by molar-refractivity contribution is -0.126. The van der Waals surface area contributed by atoms with Crippen LogP contribution in [0.25, 0.3) is 0 Å². The van der Waals surface area contributed by atoms with Gasteiger partial charge >= 0.3 is 0 Å². The summed E-state index contributed by atoms with van der Waals surface area (Å²) in [5, 5.41) is 2.94. The van der Waals surface area contributed by atoms with Gasteiger partial charge in [0.25, 0.3) is 0 Å². The summed E-state index contributed by atoms with van der Waals surface area (Å²) in [4.78, 5) is 20.5. The van der Waals surface area contributed by atoms with E-state index < -0.39 is 0 Å². The van der Waals surface area contributed by atoms with E-state index in [1.165, 1.54) is 0 Å². The number of nitrogens with one attached hydrogen (secondary N) is 1. The molecule has 0 aliphatic carbocycles. The Bertz CT molecular complexity index is 676. The van der Waals surface area contributed by atoms with Gasteiger partial charge in [-0.3, -0.25) is 14.8 Å². The summed E-state index contributed by atoms with van der Waals surface area (Å²) in [5.74, 6) is 1.42. The number of benzene rings is 1. The Morgan fingerprint density at radius 1 is 1.43 bits per heavy atom. The second kappa shape index (κ2) is 7.09. The minimum Gasteiger partial charge on any atom is -0.497 e. The third-order valence-corrected chi connectivity index (χ3v) is 3.84. The molecule has 0 spiro atoms. The number of carbonyl (C=O) groups excluding carboxylic acids is 1. The van der Waals surface area contributed by atoms with Crippen molar-refractivity contribution in [2.24, 2.45) is 5.92 Å². The predicted molar refractivity (Wildman–Crippen MR) is 84.4 cm³/mol. The maximum Gasteiger partial charge on any atom is 0.226 e. The summed E-state index contributed by atoms with van der Waals surface area (Å²) in [6, 6.07) is 5.67. The van der Waals surface area contributed by atoms with Gasteiger partial charge < -0.3 is 14.8 Å². The molecule has 0 unspecified atom stereocenters. The van der Waals surface area contributed by atoms with Gasteiger partial charge in [-0.15, -0.1) is 0 Å². The van der Waals surface area contributed by atoms with E-state index in [9.17, 15) is 4.79 Å². The number of aromatic nitrogens is 2. The van der Waals surface area contributed by atoms with E-state index in [1.807, 2.05) is 18.2 Å². The summed E-state index contributed by atoms with van der Waals surface area (Å²) in [6.45, 7) is 0.940. The van der Waals surface area contributed by atoms with Crippen LogP contribution in [0.2, 0.25) is 0 Å². The van der Waals surface area contributed by atoms with Crippen LogP contribution in [-0.2, 0) is 17.6 Å². The van der Waals surface area contributed by atoms with E-state index in [-0.39, 0.29) is 11.8 Å². The first kappa shape index (κ1) is 15.3. The topological polar surface area (TPSA) is 73.3 Å². The second-order valence-corrected chi connectivity index (χ2v) is 5.42. The molecular formula is C17H19N3O3. The molecule has 3 rings (SSSR count). The Kier molecular flexibility index (Phi) is 4.71. The van der Waals surface area contributed by atoms with Crippen molar-refractivity contribution in [1.29, 1.82) is 0 Å². The van der Waals surface area contributed by atoms with Crippen molar-refractivity contribution < 1.29 is 14.3 Å². The quantitative estimate of drug-likeness (QED) is 0.903. The molecule has 0 bridgehead atoms. The van der Waals surface area contributed by atoms with Gasteiger partial charge in [-0.25, -0.2) is 0 Å². The fourth-order valence-electron chi connectivity index (χ4n) is 2.58. The van der Waals surface area contributed by atoms with Gasteiger partial charge in [0.2, 0.25) is 5.91 Å². The highest BCUT2D eigenvalue weighted by molar-refractivity contribution is 5.79. The van der Waals surface area contributed by atoms with E-state index in [0.717, 1.165) is 22.8 Å². The normalized spacial score (nSPS) is 16.1. The zero-order chi connectivity index (χ0) is 16.1. The van der Waals surface area contributed by atoms with Crippen LogP contribution < -0.4 is 14.8 Å². The molecule has 1 aliphatic heterocycles. The molecule has 23 heavy (non-hydrogen) atoms. The monoisotopic (exact) mass is 313 g/mol. The lowest BCUT2D eigenvalue weighted by Gasteiger charge is -2.25. The predicted octanol–water partition coefficient (Wildman–Crippen LogP) is 1.40. The molecular weight excluding hydrogens is 294 g/mol. The number of fused-ring (bicyclic) bond motifs is 1. The van der Waals surface area contributed by atoms with Crippen LogP contribution in [-0.4, -0.2) is 36.1 Å². The third-order valence-electron chi connectivity index (χ3n) is 3.84. The largest absolute Gasteiger partial charge is 0.497 e. The Labute approximate surface area is 134 Å². The summed E-state index contributed by atoms with van der Waals surface area (Å²) in [5.41, 5.74) is 1.87. The molecule has 120 valence electrons. The summed E-state index contributed by atoms with van der Waals surface area (Å²) >= 11 is 0. The Balaban J connectivity index is 1.54. The Hall–Kier alpha value is -2.63. The number of hydrogen-bond donors (Lipinski definition) is 1. The lowest BCUT2D eigenvalue weighted by Crippen LogP contribution is -2.38. The number of amides is 1. The van der Waals surface area contributed by atoms with Crippen molar-refractivity contribution in [3.63, 3.8) is 0 Å². The van der Waals surface area contributed by atoms with Gasteiger partial charge in [0, 0.05) is 31.6 Å². The molecule has 0 fully saturated rings. The SMILES string of the molecule is COc1ccc2c(c1)C[C@@H](C(=O)NCCc1cnccn1)CO2. The molecule has 0 radical (unpaired) electrons. The lowest BCUT2D eigenvalue weighted by atomic mass is 9.96.